The van der Waals surface area contributed by atoms with Gasteiger partial charge in [0, 0.05) is 22.7 Å². The predicted octanol–water partition coefficient (Wildman–Crippen LogP) is 3.57. The van der Waals surface area contributed by atoms with Crippen molar-refractivity contribution in [3.8, 4) is 0 Å². The Kier molecular flexibility index (Phi) is 4.33. The number of carbonyl (C=O) groups is 1. The molecule has 0 bridgehead atoms. The normalized spacial score (nSPS) is 20.8. The number of rotatable bonds is 2. The van der Waals surface area contributed by atoms with Crippen molar-refractivity contribution in [2.75, 3.05) is 6.54 Å². The van der Waals surface area contributed by atoms with Gasteiger partial charge in [-0.3, -0.25) is 4.79 Å². The molecular weight excluding hydrogens is 324 g/mol. The molecule has 0 spiro atoms. The molecule has 0 radical (unpaired) electrons. The SMILES string of the molecule is O=C(c1cccc(Cl)c1)N1CC(O)CC1c1cc(F)ccc1F. The summed E-state index contributed by atoms with van der Waals surface area (Å²) in [6.45, 7) is 0.0615. The number of aliphatic hydroxyl groups excluding tert-OH is 1. The monoisotopic (exact) mass is 337 g/mol. The van der Waals surface area contributed by atoms with E-state index in [-0.39, 0.29) is 24.4 Å². The number of nitrogens with zero attached hydrogens (tertiary/aromatic N) is 1. The van der Waals surface area contributed by atoms with E-state index in [4.69, 9.17) is 11.6 Å². The van der Waals surface area contributed by atoms with E-state index in [1.807, 2.05) is 0 Å². The lowest BCUT2D eigenvalue weighted by molar-refractivity contribution is 0.0713. The van der Waals surface area contributed by atoms with E-state index in [9.17, 15) is 18.7 Å². The number of β-amino-alcohol motifs (C(OH)–C–C–N with tert-alkyl or cyclic N) is 1. The van der Waals surface area contributed by atoms with Crippen LogP contribution in [0, 0.1) is 11.6 Å². The van der Waals surface area contributed by atoms with Crippen LogP contribution in [0.5, 0.6) is 0 Å². The number of hydrogen-bond acceptors (Lipinski definition) is 2. The van der Waals surface area contributed by atoms with Gasteiger partial charge in [-0.1, -0.05) is 17.7 Å². The second kappa shape index (κ2) is 6.26. The van der Waals surface area contributed by atoms with Gasteiger partial charge in [0.25, 0.3) is 5.91 Å². The van der Waals surface area contributed by atoms with Gasteiger partial charge in [-0.2, -0.15) is 0 Å². The first-order valence-electron chi connectivity index (χ1n) is 7.15. The second-order valence-corrected chi connectivity index (χ2v) is 5.98. The Hall–Kier alpha value is -1.98. The zero-order valence-electron chi connectivity index (χ0n) is 12.0. The third kappa shape index (κ3) is 3.21. The number of halogens is 3. The summed E-state index contributed by atoms with van der Waals surface area (Å²) in [4.78, 5) is 14.0. The van der Waals surface area contributed by atoms with Gasteiger partial charge in [-0.25, -0.2) is 8.78 Å². The van der Waals surface area contributed by atoms with Crippen LogP contribution in [0.2, 0.25) is 5.02 Å². The lowest BCUT2D eigenvalue weighted by Crippen LogP contribution is -2.32. The molecule has 1 N–H and O–H groups in total. The molecule has 1 heterocycles. The van der Waals surface area contributed by atoms with E-state index in [1.165, 1.54) is 11.0 Å². The van der Waals surface area contributed by atoms with E-state index in [0.717, 1.165) is 18.2 Å². The molecule has 1 fully saturated rings. The van der Waals surface area contributed by atoms with Crippen molar-refractivity contribution in [2.24, 2.45) is 0 Å². The number of hydrogen-bond donors (Lipinski definition) is 1. The van der Waals surface area contributed by atoms with Gasteiger partial charge in [0.05, 0.1) is 12.1 Å². The lowest BCUT2D eigenvalue weighted by Gasteiger charge is -2.25. The Labute approximate surface area is 137 Å². The minimum atomic E-state index is -0.786. The van der Waals surface area contributed by atoms with Gasteiger partial charge in [-0.15, -0.1) is 0 Å². The Morgan fingerprint density at radius 3 is 2.74 bits per heavy atom. The Morgan fingerprint density at radius 2 is 2.00 bits per heavy atom. The van der Waals surface area contributed by atoms with Gasteiger partial charge >= 0.3 is 0 Å². The van der Waals surface area contributed by atoms with Crippen molar-refractivity contribution in [3.05, 3.63) is 70.2 Å². The summed E-state index contributed by atoms with van der Waals surface area (Å²) in [5, 5.41) is 10.3. The van der Waals surface area contributed by atoms with Crippen LogP contribution in [0.4, 0.5) is 8.78 Å². The van der Waals surface area contributed by atoms with Crippen molar-refractivity contribution in [1.82, 2.24) is 4.90 Å². The van der Waals surface area contributed by atoms with Crippen LogP contribution in [0.25, 0.3) is 0 Å². The molecule has 1 amide bonds. The van der Waals surface area contributed by atoms with Crippen LogP contribution in [0.15, 0.2) is 42.5 Å². The fourth-order valence-corrected chi connectivity index (χ4v) is 3.08. The fraction of sp³-hybridized carbons (Fsp3) is 0.235. The highest BCUT2D eigenvalue weighted by Crippen LogP contribution is 2.35. The molecule has 3 nitrogen and oxygen atoms in total. The molecule has 0 saturated carbocycles. The highest BCUT2D eigenvalue weighted by molar-refractivity contribution is 6.30. The molecule has 120 valence electrons. The number of likely N-dealkylation sites (tertiary alicyclic amines) is 1. The first kappa shape index (κ1) is 15.9. The van der Waals surface area contributed by atoms with Gasteiger partial charge in [0.15, 0.2) is 0 Å². The largest absolute Gasteiger partial charge is 0.391 e. The van der Waals surface area contributed by atoms with Crippen molar-refractivity contribution < 1.29 is 18.7 Å². The van der Waals surface area contributed by atoms with Crippen molar-refractivity contribution >= 4 is 17.5 Å². The third-order valence-corrected chi connectivity index (χ3v) is 4.16. The number of amides is 1. The average Bonchev–Trinajstić information content (AvgIpc) is 2.90. The number of benzene rings is 2. The van der Waals surface area contributed by atoms with E-state index in [2.05, 4.69) is 0 Å². The van der Waals surface area contributed by atoms with Gasteiger partial charge in [-0.05, 0) is 42.8 Å². The molecule has 0 aliphatic carbocycles. The summed E-state index contributed by atoms with van der Waals surface area (Å²) in [7, 11) is 0. The quantitative estimate of drug-likeness (QED) is 0.910. The minimum absolute atomic E-state index is 0.0615. The number of aliphatic hydroxyl groups is 1. The standard InChI is InChI=1S/C17H14ClF2NO2/c18-11-3-1-2-10(6-11)17(23)21-9-13(22)8-16(21)14-7-12(19)4-5-15(14)20/h1-7,13,16,22H,8-9H2. The molecule has 1 saturated heterocycles. The summed E-state index contributed by atoms with van der Waals surface area (Å²) in [6.07, 6.45) is -0.627. The zero-order chi connectivity index (χ0) is 16.6. The summed E-state index contributed by atoms with van der Waals surface area (Å²) in [5.74, 6) is -1.56. The van der Waals surface area contributed by atoms with E-state index in [1.54, 1.807) is 18.2 Å². The molecule has 0 aromatic heterocycles. The maximum Gasteiger partial charge on any atom is 0.254 e. The molecule has 2 aromatic rings. The van der Waals surface area contributed by atoms with E-state index < -0.39 is 23.8 Å². The topological polar surface area (TPSA) is 40.5 Å². The number of carbonyl (C=O) groups excluding carboxylic acids is 1. The van der Waals surface area contributed by atoms with E-state index in [0.29, 0.717) is 10.6 Å². The maximum absolute atomic E-state index is 14.0. The highest BCUT2D eigenvalue weighted by atomic mass is 35.5. The first-order valence-corrected chi connectivity index (χ1v) is 7.53. The molecule has 2 aromatic carbocycles. The van der Waals surface area contributed by atoms with Crippen LogP contribution in [0.3, 0.4) is 0 Å². The van der Waals surface area contributed by atoms with Crippen LogP contribution in [-0.4, -0.2) is 28.6 Å². The van der Waals surface area contributed by atoms with Crippen LogP contribution in [0.1, 0.15) is 28.4 Å². The average molecular weight is 338 g/mol. The molecule has 2 atom stereocenters. The van der Waals surface area contributed by atoms with Crippen LogP contribution >= 0.6 is 11.6 Å². The van der Waals surface area contributed by atoms with Crippen molar-refractivity contribution in [1.29, 1.82) is 0 Å². The molecular formula is C17H14ClF2NO2. The highest BCUT2D eigenvalue weighted by Gasteiger charge is 2.37. The van der Waals surface area contributed by atoms with Gasteiger partial charge in [0.2, 0.25) is 0 Å². The summed E-state index contributed by atoms with van der Waals surface area (Å²) < 4.78 is 27.5. The Morgan fingerprint density at radius 1 is 1.22 bits per heavy atom. The van der Waals surface area contributed by atoms with Crippen molar-refractivity contribution in [2.45, 2.75) is 18.6 Å². The van der Waals surface area contributed by atoms with Gasteiger partial charge < -0.3 is 10.0 Å². The molecule has 3 rings (SSSR count). The Balaban J connectivity index is 1.97. The Bertz CT molecular complexity index is 753. The van der Waals surface area contributed by atoms with Gasteiger partial charge in [0.1, 0.15) is 11.6 Å². The zero-order valence-corrected chi connectivity index (χ0v) is 12.8. The predicted molar refractivity (Wildman–Crippen MR) is 82.2 cm³/mol. The maximum atomic E-state index is 14.0. The first-order chi connectivity index (χ1) is 11.0. The smallest absolute Gasteiger partial charge is 0.254 e. The molecule has 2 unspecified atom stereocenters. The van der Waals surface area contributed by atoms with Crippen LogP contribution in [-0.2, 0) is 0 Å². The summed E-state index contributed by atoms with van der Waals surface area (Å²) in [6, 6.07) is 8.78. The van der Waals surface area contributed by atoms with Crippen molar-refractivity contribution in [3.63, 3.8) is 0 Å². The minimum Gasteiger partial charge on any atom is -0.391 e. The summed E-state index contributed by atoms with van der Waals surface area (Å²) in [5.41, 5.74) is 0.408. The molecule has 23 heavy (non-hydrogen) atoms. The summed E-state index contributed by atoms with van der Waals surface area (Å²) >= 11 is 5.89. The fourth-order valence-electron chi connectivity index (χ4n) is 2.89. The second-order valence-electron chi connectivity index (χ2n) is 5.54. The lowest BCUT2D eigenvalue weighted by atomic mass is 10.0. The third-order valence-electron chi connectivity index (χ3n) is 3.93. The molecule has 1 aliphatic heterocycles. The molecule has 6 heteroatoms. The molecule has 1 aliphatic rings. The van der Waals surface area contributed by atoms with Crippen LogP contribution < -0.4 is 0 Å². The van der Waals surface area contributed by atoms with E-state index >= 15 is 0 Å².